The van der Waals surface area contributed by atoms with E-state index < -0.39 is 12.1 Å². The second kappa shape index (κ2) is 8.77. The number of hydrogen-bond donors (Lipinski definition) is 2. The van der Waals surface area contributed by atoms with Crippen LogP contribution in [0.2, 0.25) is 0 Å². The van der Waals surface area contributed by atoms with Crippen LogP contribution < -0.4 is 10.6 Å². The molecule has 0 aromatic heterocycles. The molecule has 0 aliphatic rings. The topological polar surface area (TPSA) is 58.2 Å². The van der Waals surface area contributed by atoms with Crippen molar-refractivity contribution in [3.05, 3.63) is 83.4 Å². The first-order chi connectivity index (χ1) is 13.9. The maximum Gasteiger partial charge on any atom is 0.471 e. The lowest BCUT2D eigenvalue weighted by Crippen LogP contribution is -2.38. The highest BCUT2D eigenvalue weighted by atomic mass is 19.4. The third-order valence-electron chi connectivity index (χ3n) is 4.50. The summed E-state index contributed by atoms with van der Waals surface area (Å²) in [5.41, 5.74) is 1.90. The van der Waals surface area contributed by atoms with Gasteiger partial charge in [0, 0.05) is 18.7 Å². The second-order valence-electron chi connectivity index (χ2n) is 6.48. The molecule has 0 radical (unpaired) electrons. The van der Waals surface area contributed by atoms with Gasteiger partial charge in [-0.05, 0) is 34.4 Å². The van der Waals surface area contributed by atoms with Gasteiger partial charge >= 0.3 is 12.1 Å². The number of benzene rings is 3. The molecule has 150 valence electrons. The number of halogens is 3. The molecule has 2 amide bonds. The van der Waals surface area contributed by atoms with E-state index in [2.05, 4.69) is 5.32 Å². The lowest BCUT2D eigenvalue weighted by Gasteiger charge is -2.14. The summed E-state index contributed by atoms with van der Waals surface area (Å²) in [6, 6.07) is 20.1. The molecule has 0 heterocycles. The smallest absolute Gasteiger partial charge is 0.348 e. The fourth-order valence-corrected chi connectivity index (χ4v) is 3.09. The minimum Gasteiger partial charge on any atom is -0.348 e. The second-order valence-corrected chi connectivity index (χ2v) is 6.48. The zero-order chi connectivity index (χ0) is 20.9. The van der Waals surface area contributed by atoms with Crippen LogP contribution in [0.3, 0.4) is 0 Å². The molecule has 0 spiro atoms. The van der Waals surface area contributed by atoms with Crippen molar-refractivity contribution in [3.63, 3.8) is 0 Å². The molecular formula is C22H19F3N2O2. The van der Waals surface area contributed by atoms with E-state index in [-0.39, 0.29) is 18.9 Å². The molecule has 29 heavy (non-hydrogen) atoms. The molecule has 0 fully saturated rings. The lowest BCUT2D eigenvalue weighted by atomic mass is 9.96. The van der Waals surface area contributed by atoms with Crippen LogP contribution in [0, 0.1) is 0 Å². The molecule has 0 unspecified atom stereocenters. The summed E-state index contributed by atoms with van der Waals surface area (Å²) < 4.78 is 37.3. The van der Waals surface area contributed by atoms with Crippen LogP contribution in [0.25, 0.3) is 10.8 Å². The van der Waals surface area contributed by atoms with Crippen LogP contribution in [-0.4, -0.2) is 24.5 Å². The summed E-state index contributed by atoms with van der Waals surface area (Å²) in [6.07, 6.45) is -4.84. The van der Waals surface area contributed by atoms with Gasteiger partial charge in [0.1, 0.15) is 0 Å². The van der Waals surface area contributed by atoms with E-state index in [0.29, 0.717) is 17.7 Å². The number of alkyl halides is 3. The van der Waals surface area contributed by atoms with Crippen molar-refractivity contribution >= 4 is 22.6 Å². The molecule has 3 aromatic carbocycles. The molecular weight excluding hydrogens is 381 g/mol. The summed E-state index contributed by atoms with van der Waals surface area (Å²) >= 11 is 0. The van der Waals surface area contributed by atoms with Crippen LogP contribution in [0.1, 0.15) is 21.5 Å². The average Bonchev–Trinajstić information content (AvgIpc) is 2.72. The largest absolute Gasteiger partial charge is 0.471 e. The molecule has 2 N–H and O–H groups in total. The van der Waals surface area contributed by atoms with E-state index in [9.17, 15) is 22.8 Å². The first-order valence-electron chi connectivity index (χ1n) is 9.04. The number of carbonyl (C=O) groups excluding carboxylic acids is 2. The number of rotatable bonds is 6. The number of fused-ring (bicyclic) bond motifs is 1. The molecule has 7 heteroatoms. The van der Waals surface area contributed by atoms with Crippen LogP contribution in [-0.2, 0) is 17.8 Å². The SMILES string of the molecule is O=C(NCc1ccccc1)c1ccc2ccccc2c1CCNC(=O)C(F)(F)F. The predicted molar refractivity (Wildman–Crippen MR) is 104 cm³/mol. The molecule has 0 aliphatic heterocycles. The molecule has 4 nitrogen and oxygen atoms in total. The van der Waals surface area contributed by atoms with Gasteiger partial charge in [0.15, 0.2) is 0 Å². The van der Waals surface area contributed by atoms with Crippen molar-refractivity contribution in [2.45, 2.75) is 19.1 Å². The van der Waals surface area contributed by atoms with E-state index in [1.807, 2.05) is 53.8 Å². The molecule has 3 rings (SSSR count). The number of carbonyl (C=O) groups is 2. The average molecular weight is 400 g/mol. The van der Waals surface area contributed by atoms with Crippen LogP contribution in [0.4, 0.5) is 13.2 Å². The molecule has 0 saturated carbocycles. The van der Waals surface area contributed by atoms with E-state index in [1.165, 1.54) is 0 Å². The van der Waals surface area contributed by atoms with E-state index in [1.54, 1.807) is 18.2 Å². The van der Waals surface area contributed by atoms with Crippen molar-refractivity contribution in [1.82, 2.24) is 10.6 Å². The number of amides is 2. The zero-order valence-corrected chi connectivity index (χ0v) is 15.4. The van der Waals surface area contributed by atoms with Gasteiger partial charge in [-0.2, -0.15) is 13.2 Å². The quantitative estimate of drug-likeness (QED) is 0.657. The fourth-order valence-electron chi connectivity index (χ4n) is 3.09. The maximum absolute atomic E-state index is 12.8. The summed E-state index contributed by atoms with van der Waals surface area (Å²) in [7, 11) is 0. The Bertz CT molecular complexity index is 1020. The van der Waals surface area contributed by atoms with Gasteiger partial charge in [-0.1, -0.05) is 60.7 Å². The van der Waals surface area contributed by atoms with Crippen LogP contribution in [0.15, 0.2) is 66.7 Å². The first kappa shape index (κ1) is 20.4. The predicted octanol–water partition coefficient (Wildman–Crippen LogP) is 3.99. The van der Waals surface area contributed by atoms with Crippen LogP contribution >= 0.6 is 0 Å². The van der Waals surface area contributed by atoms with Crippen molar-refractivity contribution < 1.29 is 22.8 Å². The Morgan fingerprint density at radius 1 is 0.828 bits per heavy atom. The molecule has 0 saturated heterocycles. The fraction of sp³-hybridized carbons (Fsp3) is 0.182. The first-order valence-corrected chi connectivity index (χ1v) is 9.04. The zero-order valence-electron chi connectivity index (χ0n) is 15.4. The van der Waals surface area contributed by atoms with Crippen molar-refractivity contribution in [1.29, 1.82) is 0 Å². The maximum atomic E-state index is 12.8. The Balaban J connectivity index is 1.81. The third kappa shape index (κ3) is 5.13. The minimum atomic E-state index is -4.94. The van der Waals surface area contributed by atoms with Crippen LogP contribution in [0.5, 0.6) is 0 Å². The summed E-state index contributed by atoms with van der Waals surface area (Å²) in [5.74, 6) is -2.32. The summed E-state index contributed by atoms with van der Waals surface area (Å²) in [5, 5.41) is 6.33. The number of hydrogen-bond acceptors (Lipinski definition) is 2. The molecule has 0 atom stereocenters. The van der Waals surface area contributed by atoms with Gasteiger partial charge in [-0.15, -0.1) is 0 Å². The third-order valence-corrected chi connectivity index (χ3v) is 4.50. The van der Waals surface area contributed by atoms with Crippen molar-refractivity contribution in [2.24, 2.45) is 0 Å². The Kier molecular flexibility index (Phi) is 6.16. The van der Waals surface area contributed by atoms with Gasteiger partial charge < -0.3 is 10.6 Å². The van der Waals surface area contributed by atoms with Gasteiger partial charge in [0.2, 0.25) is 0 Å². The minimum absolute atomic E-state index is 0.0945. The molecule has 0 aliphatic carbocycles. The van der Waals surface area contributed by atoms with E-state index in [4.69, 9.17) is 0 Å². The van der Waals surface area contributed by atoms with Gasteiger partial charge in [-0.3, -0.25) is 9.59 Å². The highest BCUT2D eigenvalue weighted by Gasteiger charge is 2.38. The molecule has 0 bridgehead atoms. The highest BCUT2D eigenvalue weighted by molar-refractivity contribution is 6.01. The highest BCUT2D eigenvalue weighted by Crippen LogP contribution is 2.23. The Morgan fingerprint density at radius 2 is 1.52 bits per heavy atom. The number of nitrogens with one attached hydrogen (secondary N) is 2. The van der Waals surface area contributed by atoms with E-state index >= 15 is 0 Å². The van der Waals surface area contributed by atoms with Gasteiger partial charge in [-0.25, -0.2) is 0 Å². The van der Waals surface area contributed by atoms with Crippen molar-refractivity contribution in [3.8, 4) is 0 Å². The monoisotopic (exact) mass is 400 g/mol. The molecule has 3 aromatic rings. The van der Waals surface area contributed by atoms with Crippen molar-refractivity contribution in [2.75, 3.05) is 6.54 Å². The Labute approximate surface area is 165 Å². The normalized spacial score (nSPS) is 11.3. The van der Waals surface area contributed by atoms with Gasteiger partial charge in [0.05, 0.1) is 0 Å². The standard InChI is InChI=1S/C22H19F3N2O2/c23-22(24,25)21(29)26-13-12-18-17-9-5-4-8-16(17)10-11-19(18)20(28)27-14-15-6-2-1-3-7-15/h1-11H,12-14H2,(H,26,29)(H,27,28). The summed E-state index contributed by atoms with van der Waals surface area (Å²) in [6.45, 7) is 0.0993. The Morgan fingerprint density at radius 3 is 2.24 bits per heavy atom. The van der Waals surface area contributed by atoms with Gasteiger partial charge in [0.25, 0.3) is 5.91 Å². The summed E-state index contributed by atoms with van der Waals surface area (Å²) in [4.78, 5) is 23.8. The van der Waals surface area contributed by atoms with E-state index in [0.717, 1.165) is 16.3 Å². The Hall–Kier alpha value is -3.35. The lowest BCUT2D eigenvalue weighted by molar-refractivity contribution is -0.173.